The van der Waals surface area contributed by atoms with Crippen LogP contribution in [0.25, 0.3) is 22.4 Å². The van der Waals surface area contributed by atoms with Crippen molar-refractivity contribution in [3.05, 3.63) is 53.9 Å². The molecule has 4 aromatic rings. The highest BCUT2D eigenvalue weighted by molar-refractivity contribution is 7.16. The van der Waals surface area contributed by atoms with Gasteiger partial charge in [0.15, 0.2) is 5.65 Å². The predicted molar refractivity (Wildman–Crippen MR) is 130 cm³/mol. The van der Waals surface area contributed by atoms with Crippen molar-refractivity contribution in [2.45, 2.75) is 25.7 Å². The molecular weight excluding hydrogens is 493 g/mol. The molecule has 188 valence electrons. The summed E-state index contributed by atoms with van der Waals surface area (Å²) in [5.74, 6) is 0.510. The molecule has 36 heavy (non-hydrogen) atoms. The first-order chi connectivity index (χ1) is 17.2. The highest BCUT2D eigenvalue weighted by Crippen LogP contribution is 2.43. The van der Waals surface area contributed by atoms with Gasteiger partial charge in [0.1, 0.15) is 28.5 Å². The molecule has 1 aliphatic heterocycles. The Morgan fingerprint density at radius 3 is 2.64 bits per heavy atom. The number of rotatable bonds is 5. The molecule has 0 radical (unpaired) electrons. The van der Waals surface area contributed by atoms with Gasteiger partial charge in [0.2, 0.25) is 10.9 Å². The molecule has 3 aromatic heterocycles. The lowest BCUT2D eigenvalue weighted by Gasteiger charge is -2.40. The lowest BCUT2D eigenvalue weighted by molar-refractivity contribution is -0.137. The molecule has 1 aliphatic rings. The number of alkyl halides is 3. The zero-order chi connectivity index (χ0) is 25.4. The SMILES string of the molecule is COc1ccc(-c2nc(C(F)(F)F)sc2N2CCN(C(=O)Cn3cnc4cccnc43)[C@H](C)C2)cc1. The first-order valence-corrected chi connectivity index (χ1v) is 12.1. The molecule has 0 unspecified atom stereocenters. The van der Waals surface area contributed by atoms with Gasteiger partial charge in [-0.05, 0) is 43.3 Å². The number of carbonyl (C=O) groups excluding carboxylic acids is 1. The zero-order valence-corrected chi connectivity index (χ0v) is 20.4. The Hall–Kier alpha value is -3.67. The van der Waals surface area contributed by atoms with Gasteiger partial charge in [-0.1, -0.05) is 11.3 Å². The molecule has 0 saturated carbocycles. The Balaban J connectivity index is 1.36. The largest absolute Gasteiger partial charge is 0.497 e. The molecule has 0 N–H and O–H groups in total. The van der Waals surface area contributed by atoms with Crippen molar-refractivity contribution in [1.29, 1.82) is 0 Å². The third kappa shape index (κ3) is 4.60. The summed E-state index contributed by atoms with van der Waals surface area (Å²) in [6, 6.07) is 10.2. The van der Waals surface area contributed by atoms with Crippen LogP contribution in [0.1, 0.15) is 11.9 Å². The van der Waals surface area contributed by atoms with Gasteiger partial charge in [-0.3, -0.25) is 4.79 Å². The Morgan fingerprint density at radius 2 is 1.94 bits per heavy atom. The Bertz CT molecular complexity index is 1380. The van der Waals surface area contributed by atoms with E-state index in [1.807, 2.05) is 17.9 Å². The van der Waals surface area contributed by atoms with Crippen LogP contribution in [0.2, 0.25) is 0 Å². The van der Waals surface area contributed by atoms with Gasteiger partial charge < -0.3 is 19.1 Å². The number of halogens is 3. The van der Waals surface area contributed by atoms with E-state index in [0.717, 1.165) is 0 Å². The van der Waals surface area contributed by atoms with Crippen molar-refractivity contribution in [2.75, 3.05) is 31.6 Å². The predicted octanol–water partition coefficient (Wildman–Crippen LogP) is 4.32. The number of benzene rings is 1. The topological polar surface area (TPSA) is 76.4 Å². The number of amides is 1. The summed E-state index contributed by atoms with van der Waals surface area (Å²) in [4.78, 5) is 29.3. The van der Waals surface area contributed by atoms with Crippen LogP contribution in [0.4, 0.5) is 18.2 Å². The summed E-state index contributed by atoms with van der Waals surface area (Å²) in [6.07, 6.45) is -1.31. The van der Waals surface area contributed by atoms with E-state index in [9.17, 15) is 18.0 Å². The number of hydrogen-bond acceptors (Lipinski definition) is 7. The summed E-state index contributed by atoms with van der Waals surface area (Å²) in [6.45, 7) is 3.14. The summed E-state index contributed by atoms with van der Waals surface area (Å²) in [5, 5.41) is -0.454. The first kappa shape index (κ1) is 24.0. The van der Waals surface area contributed by atoms with Gasteiger partial charge in [0.25, 0.3) is 0 Å². The standard InChI is InChI=1S/C24H23F3N6O2S/c1-15-12-31(10-11-33(15)19(34)13-32-14-29-18-4-3-9-28-21(18)32)22-20(30-23(36-22)24(25,26)27)16-5-7-17(35-2)8-6-16/h3-9,14-15H,10-13H2,1-2H3/t15-/m1/s1. The van der Waals surface area contributed by atoms with E-state index < -0.39 is 11.2 Å². The highest BCUT2D eigenvalue weighted by Gasteiger charge is 2.38. The van der Waals surface area contributed by atoms with E-state index in [0.29, 0.717) is 58.4 Å². The van der Waals surface area contributed by atoms with Crippen LogP contribution < -0.4 is 9.64 Å². The number of aromatic nitrogens is 4. The first-order valence-electron chi connectivity index (χ1n) is 11.3. The van der Waals surface area contributed by atoms with Crippen molar-refractivity contribution < 1.29 is 22.7 Å². The molecule has 1 amide bonds. The maximum atomic E-state index is 13.6. The summed E-state index contributed by atoms with van der Waals surface area (Å²) in [5.41, 5.74) is 2.19. The molecular formula is C24H23F3N6O2S. The second-order valence-corrected chi connectivity index (χ2v) is 9.48. The average molecular weight is 517 g/mol. The Kier molecular flexibility index (Phi) is 6.29. The second kappa shape index (κ2) is 9.41. The lowest BCUT2D eigenvalue weighted by atomic mass is 10.1. The van der Waals surface area contributed by atoms with E-state index in [2.05, 4.69) is 15.0 Å². The number of thiazole rings is 1. The van der Waals surface area contributed by atoms with Gasteiger partial charge in [0, 0.05) is 37.4 Å². The quantitative estimate of drug-likeness (QED) is 0.393. The number of anilines is 1. The van der Waals surface area contributed by atoms with Gasteiger partial charge >= 0.3 is 6.18 Å². The molecule has 0 bridgehead atoms. The van der Waals surface area contributed by atoms with E-state index in [-0.39, 0.29) is 24.2 Å². The number of pyridine rings is 1. The van der Waals surface area contributed by atoms with Crippen molar-refractivity contribution in [2.24, 2.45) is 0 Å². The van der Waals surface area contributed by atoms with Gasteiger partial charge in [-0.15, -0.1) is 0 Å². The van der Waals surface area contributed by atoms with Crippen LogP contribution in [0.5, 0.6) is 5.75 Å². The van der Waals surface area contributed by atoms with Crippen molar-refractivity contribution >= 4 is 33.4 Å². The molecule has 5 rings (SSSR count). The number of hydrogen-bond donors (Lipinski definition) is 0. The van der Waals surface area contributed by atoms with E-state index in [1.165, 1.54) is 7.11 Å². The van der Waals surface area contributed by atoms with Crippen LogP contribution in [0.15, 0.2) is 48.9 Å². The Morgan fingerprint density at radius 1 is 1.17 bits per heavy atom. The third-order valence-corrected chi connectivity index (χ3v) is 7.29. The minimum absolute atomic E-state index is 0.0910. The second-order valence-electron chi connectivity index (χ2n) is 8.50. The zero-order valence-electron chi connectivity index (χ0n) is 19.6. The molecule has 1 fully saturated rings. The fourth-order valence-corrected chi connectivity index (χ4v) is 5.34. The van der Waals surface area contributed by atoms with E-state index in [4.69, 9.17) is 4.74 Å². The highest BCUT2D eigenvalue weighted by atomic mass is 32.1. The molecule has 0 aliphatic carbocycles. The number of imidazole rings is 1. The summed E-state index contributed by atoms with van der Waals surface area (Å²) < 4.78 is 47.6. The molecule has 1 atom stereocenters. The fourth-order valence-electron chi connectivity index (χ4n) is 4.35. The van der Waals surface area contributed by atoms with E-state index >= 15 is 0 Å². The van der Waals surface area contributed by atoms with Crippen LogP contribution in [0, 0.1) is 0 Å². The fraction of sp³-hybridized carbons (Fsp3) is 0.333. The lowest BCUT2D eigenvalue weighted by Crippen LogP contribution is -2.54. The normalized spacial score (nSPS) is 16.5. The van der Waals surface area contributed by atoms with E-state index in [1.54, 1.807) is 52.3 Å². The van der Waals surface area contributed by atoms with Crippen LogP contribution >= 0.6 is 11.3 Å². The molecule has 1 aromatic carbocycles. The smallest absolute Gasteiger partial charge is 0.443 e. The molecule has 8 nitrogen and oxygen atoms in total. The molecule has 0 spiro atoms. The molecule has 1 saturated heterocycles. The number of nitrogens with zero attached hydrogens (tertiary/aromatic N) is 6. The van der Waals surface area contributed by atoms with Crippen molar-refractivity contribution in [3.63, 3.8) is 0 Å². The number of piperazine rings is 1. The maximum absolute atomic E-state index is 13.6. The minimum Gasteiger partial charge on any atom is -0.497 e. The van der Waals surface area contributed by atoms with Crippen LogP contribution in [-0.2, 0) is 17.5 Å². The van der Waals surface area contributed by atoms with Gasteiger partial charge in [0.05, 0.1) is 13.4 Å². The van der Waals surface area contributed by atoms with Crippen LogP contribution in [0.3, 0.4) is 0 Å². The maximum Gasteiger partial charge on any atom is 0.443 e. The summed E-state index contributed by atoms with van der Waals surface area (Å²) >= 11 is 0.629. The third-order valence-electron chi connectivity index (χ3n) is 6.13. The number of fused-ring (bicyclic) bond motifs is 1. The monoisotopic (exact) mass is 516 g/mol. The van der Waals surface area contributed by atoms with Gasteiger partial charge in [-0.2, -0.15) is 13.2 Å². The average Bonchev–Trinajstić information content (AvgIpc) is 3.49. The number of carbonyl (C=O) groups is 1. The number of methoxy groups -OCH3 is 1. The molecule has 4 heterocycles. The van der Waals surface area contributed by atoms with Crippen LogP contribution in [-0.4, -0.2) is 63.1 Å². The molecule has 12 heteroatoms. The Labute approximate surface area is 209 Å². The van der Waals surface area contributed by atoms with Crippen molar-refractivity contribution in [3.8, 4) is 17.0 Å². The van der Waals surface area contributed by atoms with Crippen molar-refractivity contribution in [1.82, 2.24) is 24.4 Å². The number of ether oxygens (including phenoxy) is 1. The van der Waals surface area contributed by atoms with Gasteiger partial charge in [-0.25, -0.2) is 15.0 Å². The summed E-state index contributed by atoms with van der Waals surface area (Å²) in [7, 11) is 1.53. The minimum atomic E-state index is -4.55.